The Labute approximate surface area is 197 Å². The van der Waals surface area contributed by atoms with Crippen molar-refractivity contribution in [1.82, 2.24) is 25.5 Å². The summed E-state index contributed by atoms with van der Waals surface area (Å²) in [4.78, 5) is 33.4. The van der Waals surface area contributed by atoms with E-state index in [2.05, 4.69) is 30.8 Å². The lowest BCUT2D eigenvalue weighted by atomic mass is 9.92. The molecule has 1 aliphatic heterocycles. The minimum absolute atomic E-state index is 0.00442. The number of nitrogens with zero attached hydrogens (tertiary/aromatic N) is 3. The summed E-state index contributed by atoms with van der Waals surface area (Å²) in [5, 5.41) is 12.6. The topological polar surface area (TPSA) is 113 Å². The van der Waals surface area contributed by atoms with E-state index in [1.54, 1.807) is 18.3 Å². The number of aromatic amines is 1. The molecule has 0 radical (unpaired) electrons. The third-order valence-corrected chi connectivity index (χ3v) is 5.95. The van der Waals surface area contributed by atoms with Crippen LogP contribution < -0.4 is 16.2 Å². The summed E-state index contributed by atoms with van der Waals surface area (Å²) in [5.74, 6) is -0.767. The third kappa shape index (κ3) is 5.53. The highest BCUT2D eigenvalue weighted by molar-refractivity contribution is 6.03. The van der Waals surface area contributed by atoms with Crippen molar-refractivity contribution in [3.8, 4) is 11.3 Å². The van der Waals surface area contributed by atoms with Gasteiger partial charge in [-0.1, -0.05) is 20.8 Å². The Morgan fingerprint density at radius 2 is 2.03 bits per heavy atom. The van der Waals surface area contributed by atoms with Gasteiger partial charge in [0, 0.05) is 22.7 Å². The van der Waals surface area contributed by atoms with Crippen LogP contribution in [0.2, 0.25) is 0 Å². The molecule has 1 fully saturated rings. The number of piperidine rings is 1. The van der Waals surface area contributed by atoms with E-state index in [1.807, 2.05) is 20.8 Å². The molecule has 1 atom stereocenters. The number of carbonyl (C=O) groups is 1. The fraction of sp³-hybridized carbons (Fsp3) is 0.400. The number of benzene rings is 1. The molecule has 8 nitrogen and oxygen atoms in total. The summed E-state index contributed by atoms with van der Waals surface area (Å²) in [5.41, 5.74) is 2.14. The lowest BCUT2D eigenvalue weighted by Crippen LogP contribution is -2.32. The van der Waals surface area contributed by atoms with Crippen LogP contribution in [0.4, 0.5) is 10.1 Å². The second-order valence-electron chi connectivity index (χ2n) is 9.71. The smallest absolute Gasteiger partial charge is 0.275 e. The van der Waals surface area contributed by atoms with Gasteiger partial charge in [-0.25, -0.2) is 14.5 Å². The number of nitrogens with one attached hydrogen (secondary N) is 3. The van der Waals surface area contributed by atoms with E-state index in [9.17, 15) is 14.0 Å². The fourth-order valence-electron chi connectivity index (χ4n) is 3.95. The van der Waals surface area contributed by atoms with Gasteiger partial charge in [-0.2, -0.15) is 5.10 Å². The van der Waals surface area contributed by atoms with Crippen molar-refractivity contribution in [2.45, 2.75) is 45.4 Å². The van der Waals surface area contributed by atoms with Crippen molar-refractivity contribution in [3.05, 3.63) is 69.8 Å². The number of hydrogen-bond donors (Lipinski definition) is 3. The van der Waals surface area contributed by atoms with Crippen LogP contribution in [-0.2, 0) is 11.8 Å². The van der Waals surface area contributed by atoms with Gasteiger partial charge in [0.25, 0.3) is 11.5 Å². The Morgan fingerprint density at radius 3 is 2.71 bits per heavy atom. The Bertz CT molecular complexity index is 1230. The molecule has 1 aromatic carbocycles. The van der Waals surface area contributed by atoms with Crippen LogP contribution in [0, 0.1) is 11.7 Å². The van der Waals surface area contributed by atoms with Crippen LogP contribution in [0.15, 0.2) is 41.5 Å². The summed E-state index contributed by atoms with van der Waals surface area (Å²) in [6.45, 7) is 7.88. The van der Waals surface area contributed by atoms with E-state index >= 15 is 0 Å². The van der Waals surface area contributed by atoms with E-state index < -0.39 is 11.7 Å². The van der Waals surface area contributed by atoms with E-state index in [0.29, 0.717) is 29.2 Å². The standard InChI is InChI=1S/C25H29FN6O2/c1-25(2,3)22-14-28-21(13-29-22)24(34)30-20-10-16(6-7-18(20)26)19-11-17(23(33)32-31-19)9-15-5-4-8-27-12-15/h6-7,10-11,13-15,27H,4-5,8-9,12H2,1-3H3,(H,30,34)(H,32,33). The second-order valence-corrected chi connectivity index (χ2v) is 9.71. The molecule has 3 aromatic rings. The number of hydrogen-bond acceptors (Lipinski definition) is 6. The molecule has 1 saturated heterocycles. The number of rotatable bonds is 5. The van der Waals surface area contributed by atoms with E-state index in [1.165, 1.54) is 18.3 Å². The molecule has 9 heteroatoms. The molecule has 0 spiro atoms. The van der Waals surface area contributed by atoms with Crippen LogP contribution >= 0.6 is 0 Å². The highest BCUT2D eigenvalue weighted by Crippen LogP contribution is 2.25. The summed E-state index contributed by atoms with van der Waals surface area (Å²) in [6.07, 6.45) is 5.73. The fourth-order valence-corrected chi connectivity index (χ4v) is 3.95. The number of halogens is 1. The molecule has 178 valence electrons. The zero-order valence-corrected chi connectivity index (χ0v) is 19.6. The quantitative estimate of drug-likeness (QED) is 0.533. The largest absolute Gasteiger partial charge is 0.318 e. The van der Waals surface area contributed by atoms with Crippen molar-refractivity contribution in [1.29, 1.82) is 0 Å². The molecule has 1 amide bonds. The summed E-state index contributed by atoms with van der Waals surface area (Å²) in [6, 6.07) is 6.06. The summed E-state index contributed by atoms with van der Waals surface area (Å²) in [7, 11) is 0. The van der Waals surface area contributed by atoms with Gasteiger partial charge < -0.3 is 10.6 Å². The highest BCUT2D eigenvalue weighted by atomic mass is 19.1. The number of aromatic nitrogens is 4. The molecule has 1 aliphatic rings. The summed E-state index contributed by atoms with van der Waals surface area (Å²) >= 11 is 0. The lowest BCUT2D eigenvalue weighted by molar-refractivity contribution is 0.102. The maximum absolute atomic E-state index is 14.5. The Balaban J connectivity index is 1.54. The predicted molar refractivity (Wildman–Crippen MR) is 128 cm³/mol. The zero-order chi connectivity index (χ0) is 24.3. The van der Waals surface area contributed by atoms with Crippen molar-refractivity contribution >= 4 is 11.6 Å². The summed E-state index contributed by atoms with van der Waals surface area (Å²) < 4.78 is 14.5. The Morgan fingerprint density at radius 1 is 1.21 bits per heavy atom. The van der Waals surface area contributed by atoms with Crippen LogP contribution in [0.25, 0.3) is 11.3 Å². The normalized spacial score (nSPS) is 16.3. The minimum Gasteiger partial charge on any atom is -0.318 e. The molecule has 4 rings (SSSR count). The van der Waals surface area contributed by atoms with Crippen LogP contribution in [0.1, 0.15) is 55.4 Å². The number of H-pyrrole nitrogens is 1. The molecule has 1 unspecified atom stereocenters. The molecular weight excluding hydrogens is 435 g/mol. The average molecular weight is 465 g/mol. The Kier molecular flexibility index (Phi) is 6.83. The molecule has 2 aromatic heterocycles. The maximum atomic E-state index is 14.5. The Hall–Kier alpha value is -3.46. The molecule has 3 N–H and O–H groups in total. The first-order valence-corrected chi connectivity index (χ1v) is 11.4. The van der Waals surface area contributed by atoms with Gasteiger partial charge in [-0.05, 0) is 62.5 Å². The van der Waals surface area contributed by atoms with Gasteiger partial charge in [0.1, 0.15) is 11.5 Å². The highest BCUT2D eigenvalue weighted by Gasteiger charge is 2.19. The molecule has 0 saturated carbocycles. The minimum atomic E-state index is -0.589. The maximum Gasteiger partial charge on any atom is 0.275 e. The molecule has 0 bridgehead atoms. The molecule has 34 heavy (non-hydrogen) atoms. The lowest BCUT2D eigenvalue weighted by Gasteiger charge is -2.22. The van der Waals surface area contributed by atoms with Crippen LogP contribution in [-0.4, -0.2) is 39.2 Å². The first kappa shape index (κ1) is 23.7. The van der Waals surface area contributed by atoms with Gasteiger partial charge in [0.2, 0.25) is 0 Å². The van der Waals surface area contributed by atoms with Gasteiger partial charge in [0.05, 0.1) is 23.3 Å². The van der Waals surface area contributed by atoms with Gasteiger partial charge in [0.15, 0.2) is 0 Å². The number of amides is 1. The second kappa shape index (κ2) is 9.80. The van der Waals surface area contributed by atoms with Crippen molar-refractivity contribution < 1.29 is 9.18 Å². The molecule has 0 aliphatic carbocycles. The zero-order valence-electron chi connectivity index (χ0n) is 19.6. The molecular formula is C25H29FN6O2. The number of carbonyl (C=O) groups excluding carboxylic acids is 1. The monoisotopic (exact) mass is 464 g/mol. The van der Waals surface area contributed by atoms with E-state index in [-0.39, 0.29) is 22.4 Å². The predicted octanol–water partition coefficient (Wildman–Crippen LogP) is 3.46. The van der Waals surface area contributed by atoms with Crippen LogP contribution in [0.3, 0.4) is 0 Å². The van der Waals surface area contributed by atoms with Crippen LogP contribution in [0.5, 0.6) is 0 Å². The van der Waals surface area contributed by atoms with Gasteiger partial charge in [-0.3, -0.25) is 14.6 Å². The van der Waals surface area contributed by atoms with Gasteiger partial charge in [-0.15, -0.1) is 0 Å². The van der Waals surface area contributed by atoms with E-state index in [0.717, 1.165) is 31.6 Å². The first-order valence-electron chi connectivity index (χ1n) is 11.4. The van der Waals surface area contributed by atoms with Gasteiger partial charge >= 0.3 is 0 Å². The SMILES string of the molecule is CC(C)(C)c1cnc(C(=O)Nc2cc(-c3cc(CC4CCCNC4)c(=O)[nH]n3)ccc2F)cn1. The van der Waals surface area contributed by atoms with E-state index in [4.69, 9.17) is 0 Å². The first-order chi connectivity index (χ1) is 16.2. The molecule has 3 heterocycles. The number of anilines is 1. The van der Waals surface area contributed by atoms with Crippen molar-refractivity contribution in [2.24, 2.45) is 5.92 Å². The average Bonchev–Trinajstić information content (AvgIpc) is 2.82. The third-order valence-electron chi connectivity index (χ3n) is 5.95. The van der Waals surface area contributed by atoms with Crippen molar-refractivity contribution in [2.75, 3.05) is 18.4 Å². The van der Waals surface area contributed by atoms with Crippen molar-refractivity contribution in [3.63, 3.8) is 0 Å².